The van der Waals surface area contributed by atoms with Crippen molar-refractivity contribution in [3.05, 3.63) is 40.6 Å². The van der Waals surface area contributed by atoms with Crippen LogP contribution in [0.2, 0.25) is 0 Å². The van der Waals surface area contributed by atoms with Gasteiger partial charge >= 0.3 is 0 Å². The average molecular weight is 354 g/mol. The molecule has 0 aromatic heterocycles. The molecular weight excluding hydrogens is 324 g/mol. The number of imide groups is 1. The summed E-state index contributed by atoms with van der Waals surface area (Å²) < 4.78 is 0. The summed E-state index contributed by atoms with van der Waals surface area (Å²) in [5.41, 5.74) is 4.44. The predicted molar refractivity (Wildman–Crippen MR) is 104 cm³/mol. The Morgan fingerprint density at radius 2 is 1.88 bits per heavy atom. The van der Waals surface area contributed by atoms with E-state index in [0.717, 1.165) is 43.5 Å². The maximum Gasteiger partial charge on any atom is 0.277 e. The normalized spacial score (nSPS) is 21.2. The van der Waals surface area contributed by atoms with Crippen molar-refractivity contribution in [2.45, 2.75) is 53.4 Å². The molecule has 2 heterocycles. The number of likely N-dealkylation sites (tertiary alicyclic amines) is 1. The Morgan fingerprint density at radius 3 is 2.54 bits per heavy atom. The number of hydrogen-bond acceptors (Lipinski definition) is 3. The van der Waals surface area contributed by atoms with E-state index in [1.54, 1.807) is 0 Å². The zero-order valence-electron chi connectivity index (χ0n) is 16.5. The predicted octanol–water partition coefficient (Wildman–Crippen LogP) is 3.92. The Balaban J connectivity index is 2.06. The summed E-state index contributed by atoms with van der Waals surface area (Å²) >= 11 is 0. The lowest BCUT2D eigenvalue weighted by Gasteiger charge is -2.33. The Kier molecular flexibility index (Phi) is 5.49. The fraction of sp³-hybridized carbons (Fsp3) is 0.545. The molecule has 4 heteroatoms. The van der Waals surface area contributed by atoms with E-state index >= 15 is 0 Å². The van der Waals surface area contributed by atoms with Crippen LogP contribution in [-0.2, 0) is 9.59 Å². The summed E-state index contributed by atoms with van der Waals surface area (Å²) in [6.45, 7) is 10.6. The van der Waals surface area contributed by atoms with Gasteiger partial charge in [-0.25, -0.2) is 0 Å². The third-order valence-electron chi connectivity index (χ3n) is 5.65. The first-order valence-electron chi connectivity index (χ1n) is 9.87. The van der Waals surface area contributed by atoms with Crippen molar-refractivity contribution >= 4 is 17.4 Å². The highest BCUT2D eigenvalue weighted by Gasteiger charge is 2.41. The molecule has 0 N–H and O–H groups in total. The molecule has 26 heavy (non-hydrogen) atoms. The Bertz CT molecular complexity index is 751. The highest BCUT2D eigenvalue weighted by molar-refractivity contribution is 6.35. The van der Waals surface area contributed by atoms with Gasteiger partial charge in [-0.2, -0.15) is 0 Å². The molecule has 0 saturated carbocycles. The van der Waals surface area contributed by atoms with Gasteiger partial charge in [-0.1, -0.05) is 38.5 Å². The molecule has 140 valence electrons. The molecule has 1 fully saturated rings. The van der Waals surface area contributed by atoms with Crippen molar-refractivity contribution in [3.8, 4) is 0 Å². The second-order valence-electron chi connectivity index (χ2n) is 7.83. The van der Waals surface area contributed by atoms with Gasteiger partial charge in [0.2, 0.25) is 0 Å². The van der Waals surface area contributed by atoms with E-state index < -0.39 is 0 Å². The summed E-state index contributed by atoms with van der Waals surface area (Å²) in [6.07, 6.45) is 4.07. The van der Waals surface area contributed by atoms with Gasteiger partial charge in [0, 0.05) is 19.6 Å². The number of amides is 2. The van der Waals surface area contributed by atoms with Crippen molar-refractivity contribution in [3.63, 3.8) is 0 Å². The number of benzene rings is 1. The summed E-state index contributed by atoms with van der Waals surface area (Å²) in [6, 6.07) is 6.08. The lowest BCUT2D eigenvalue weighted by Crippen LogP contribution is -2.39. The largest absolute Gasteiger partial charge is 0.366 e. The van der Waals surface area contributed by atoms with E-state index in [1.165, 1.54) is 16.9 Å². The van der Waals surface area contributed by atoms with Crippen molar-refractivity contribution in [1.29, 1.82) is 0 Å². The van der Waals surface area contributed by atoms with Crippen LogP contribution in [0.25, 0.3) is 5.57 Å². The minimum absolute atomic E-state index is 0.106. The third kappa shape index (κ3) is 3.42. The van der Waals surface area contributed by atoms with Crippen LogP contribution in [0.1, 0.15) is 56.2 Å². The molecule has 4 nitrogen and oxygen atoms in total. The smallest absolute Gasteiger partial charge is 0.277 e. The van der Waals surface area contributed by atoms with Crippen molar-refractivity contribution in [2.24, 2.45) is 5.92 Å². The molecule has 1 aromatic carbocycles. The first-order valence-corrected chi connectivity index (χ1v) is 9.87. The van der Waals surface area contributed by atoms with Gasteiger partial charge in [0.1, 0.15) is 5.70 Å². The Morgan fingerprint density at radius 1 is 1.12 bits per heavy atom. The quantitative estimate of drug-likeness (QED) is 0.753. The van der Waals surface area contributed by atoms with E-state index in [0.29, 0.717) is 23.7 Å². The van der Waals surface area contributed by atoms with E-state index in [-0.39, 0.29) is 11.8 Å². The zero-order chi connectivity index (χ0) is 18.8. The van der Waals surface area contributed by atoms with Crippen LogP contribution in [0.5, 0.6) is 0 Å². The van der Waals surface area contributed by atoms with E-state index in [1.807, 2.05) is 18.2 Å². The van der Waals surface area contributed by atoms with Crippen molar-refractivity contribution < 1.29 is 9.59 Å². The number of carbonyl (C=O) groups excluding carboxylic acids is 2. The molecule has 0 spiro atoms. The van der Waals surface area contributed by atoms with Crippen LogP contribution in [0.15, 0.2) is 23.9 Å². The maximum absolute atomic E-state index is 13.2. The fourth-order valence-electron chi connectivity index (χ4n) is 3.93. The standard InChI is InChI=1S/C22H30N2O2/c1-5-6-12-24-21(25)19(18-10-9-16(3)17(4)13-18)20(22(24)26)23-11-7-8-15(2)14-23/h9-10,13,15H,5-8,11-12,14H2,1-4H3. The van der Waals surface area contributed by atoms with Gasteiger partial charge in [-0.3, -0.25) is 14.5 Å². The lowest BCUT2D eigenvalue weighted by atomic mass is 9.96. The minimum Gasteiger partial charge on any atom is -0.366 e. The molecule has 3 rings (SSSR count). The van der Waals surface area contributed by atoms with E-state index in [2.05, 4.69) is 32.6 Å². The molecule has 1 atom stereocenters. The fourth-order valence-corrected chi connectivity index (χ4v) is 3.93. The van der Waals surface area contributed by atoms with Crippen molar-refractivity contribution in [1.82, 2.24) is 9.80 Å². The number of unbranched alkanes of at least 4 members (excludes halogenated alkanes) is 1. The molecular formula is C22H30N2O2. The Hall–Kier alpha value is -2.10. The molecule has 2 aliphatic heterocycles. The van der Waals surface area contributed by atoms with Gasteiger partial charge in [0.25, 0.3) is 11.8 Å². The summed E-state index contributed by atoms with van der Waals surface area (Å²) in [5.74, 6) is 0.315. The molecule has 2 aliphatic rings. The SMILES string of the molecule is CCCCN1C(=O)C(c2ccc(C)c(C)c2)=C(N2CCCC(C)C2)C1=O. The summed E-state index contributed by atoms with van der Waals surface area (Å²) in [4.78, 5) is 30.0. The van der Waals surface area contributed by atoms with Crippen LogP contribution in [0.4, 0.5) is 0 Å². The van der Waals surface area contributed by atoms with Crippen LogP contribution in [0, 0.1) is 19.8 Å². The molecule has 0 radical (unpaired) electrons. The first kappa shape index (κ1) is 18.7. The molecule has 1 unspecified atom stereocenters. The second-order valence-corrected chi connectivity index (χ2v) is 7.83. The number of hydrogen-bond donors (Lipinski definition) is 0. The van der Waals surface area contributed by atoms with Crippen LogP contribution in [0.3, 0.4) is 0 Å². The van der Waals surface area contributed by atoms with Gasteiger partial charge in [-0.15, -0.1) is 0 Å². The molecule has 1 saturated heterocycles. The lowest BCUT2D eigenvalue weighted by molar-refractivity contribution is -0.137. The zero-order valence-corrected chi connectivity index (χ0v) is 16.5. The third-order valence-corrected chi connectivity index (χ3v) is 5.65. The highest BCUT2D eigenvalue weighted by atomic mass is 16.2. The topological polar surface area (TPSA) is 40.6 Å². The highest BCUT2D eigenvalue weighted by Crippen LogP contribution is 2.34. The van der Waals surface area contributed by atoms with Crippen LogP contribution in [-0.4, -0.2) is 41.2 Å². The maximum atomic E-state index is 13.2. The van der Waals surface area contributed by atoms with Gasteiger partial charge < -0.3 is 4.90 Å². The van der Waals surface area contributed by atoms with Crippen molar-refractivity contribution in [2.75, 3.05) is 19.6 Å². The molecule has 0 aliphatic carbocycles. The second kappa shape index (κ2) is 7.65. The van der Waals surface area contributed by atoms with E-state index in [9.17, 15) is 9.59 Å². The van der Waals surface area contributed by atoms with Gasteiger partial charge in [0.05, 0.1) is 5.57 Å². The number of nitrogens with zero attached hydrogens (tertiary/aromatic N) is 2. The molecule has 2 amide bonds. The van der Waals surface area contributed by atoms with Gasteiger partial charge in [-0.05, 0) is 55.7 Å². The number of piperidine rings is 1. The van der Waals surface area contributed by atoms with Crippen LogP contribution >= 0.6 is 0 Å². The number of rotatable bonds is 5. The van der Waals surface area contributed by atoms with Crippen LogP contribution < -0.4 is 0 Å². The first-order chi connectivity index (χ1) is 12.4. The number of aryl methyl sites for hydroxylation is 2. The van der Waals surface area contributed by atoms with Gasteiger partial charge in [0.15, 0.2) is 0 Å². The molecule has 0 bridgehead atoms. The summed E-state index contributed by atoms with van der Waals surface area (Å²) in [7, 11) is 0. The average Bonchev–Trinajstić information content (AvgIpc) is 2.86. The molecule has 1 aromatic rings. The minimum atomic E-state index is -0.125. The summed E-state index contributed by atoms with van der Waals surface area (Å²) in [5, 5.41) is 0. The monoisotopic (exact) mass is 354 g/mol. The van der Waals surface area contributed by atoms with E-state index in [4.69, 9.17) is 0 Å². The number of carbonyl (C=O) groups is 2. The Labute approximate surface area is 156 Å².